The number of carbonyl (C=O) groups excluding carboxylic acids is 2. The molecule has 8 heteroatoms. The highest BCUT2D eigenvalue weighted by molar-refractivity contribution is 8.01. The summed E-state index contributed by atoms with van der Waals surface area (Å²) in [5, 5.41) is 10.7. The van der Waals surface area contributed by atoms with Gasteiger partial charge in [0.1, 0.15) is 5.69 Å². The average Bonchev–Trinajstić information content (AvgIpc) is 3.38. The smallest absolute Gasteiger partial charge is 0.334 e. The van der Waals surface area contributed by atoms with Crippen LogP contribution in [0.1, 0.15) is 43.2 Å². The lowest BCUT2D eigenvalue weighted by Crippen LogP contribution is -2.65. The number of hydrogen-bond donors (Lipinski definition) is 1. The topological polar surface area (TPSA) is 88.2 Å². The van der Waals surface area contributed by atoms with Crippen LogP contribution in [0.5, 0.6) is 0 Å². The maximum atomic E-state index is 13.9. The Morgan fingerprint density at radius 1 is 1.13 bits per heavy atom. The molecule has 2 aliphatic heterocycles. The van der Waals surface area contributed by atoms with Gasteiger partial charge < -0.3 is 9.64 Å². The maximum Gasteiger partial charge on any atom is 0.334 e. The number of carbonyl (C=O) groups is 2. The van der Waals surface area contributed by atoms with E-state index in [1.54, 1.807) is 29.8 Å². The molecule has 2 aliphatic rings. The van der Waals surface area contributed by atoms with Crippen molar-refractivity contribution in [2.75, 3.05) is 0 Å². The number of fused-ring (bicyclic) bond motifs is 1. The van der Waals surface area contributed by atoms with Crippen LogP contribution in [0.25, 0.3) is 0 Å². The molecular weight excluding hydrogens is 412 g/mol. The third-order valence-corrected chi connectivity index (χ3v) is 8.15. The molecule has 2 unspecified atom stereocenters. The number of benzene rings is 2. The van der Waals surface area contributed by atoms with E-state index in [-0.39, 0.29) is 11.3 Å². The van der Waals surface area contributed by atoms with Crippen LogP contribution < -0.4 is 0 Å². The zero-order valence-electron chi connectivity index (χ0n) is 17.2. The molecule has 3 aromatic rings. The monoisotopic (exact) mass is 434 g/mol. The van der Waals surface area contributed by atoms with E-state index < -0.39 is 22.4 Å². The number of H-pyrrole nitrogens is 1. The first-order chi connectivity index (χ1) is 14.9. The number of hydrogen-bond acceptors (Lipinski definition) is 6. The van der Waals surface area contributed by atoms with Crippen LogP contribution in [0.2, 0.25) is 0 Å². The first-order valence-electron chi connectivity index (χ1n) is 10.1. The SMILES string of the molecule is CC1(c2cn[nH]n2)S[C@@H]2CC(=O)N2C1(C)C(=O)OC(c1ccccc1)c1ccccc1. The van der Waals surface area contributed by atoms with Gasteiger partial charge >= 0.3 is 5.97 Å². The molecule has 158 valence electrons. The van der Waals surface area contributed by atoms with E-state index in [2.05, 4.69) is 15.4 Å². The molecule has 3 atom stereocenters. The third kappa shape index (κ3) is 2.89. The van der Waals surface area contributed by atoms with Crippen molar-refractivity contribution in [1.29, 1.82) is 0 Å². The Balaban J connectivity index is 1.56. The zero-order chi connectivity index (χ0) is 21.6. The van der Waals surface area contributed by atoms with Gasteiger partial charge in [-0.05, 0) is 25.0 Å². The Labute approximate surface area is 184 Å². The maximum absolute atomic E-state index is 13.9. The molecule has 0 aliphatic carbocycles. The van der Waals surface area contributed by atoms with E-state index in [4.69, 9.17) is 4.74 Å². The van der Waals surface area contributed by atoms with E-state index in [9.17, 15) is 9.59 Å². The zero-order valence-corrected chi connectivity index (χ0v) is 18.0. The molecule has 2 saturated heterocycles. The first-order valence-corrected chi connectivity index (χ1v) is 11.0. The predicted molar refractivity (Wildman–Crippen MR) is 116 cm³/mol. The van der Waals surface area contributed by atoms with Gasteiger partial charge in [-0.2, -0.15) is 15.4 Å². The van der Waals surface area contributed by atoms with Crippen LogP contribution in [0.15, 0.2) is 66.9 Å². The van der Waals surface area contributed by atoms with Crippen LogP contribution in [0, 0.1) is 0 Å². The lowest BCUT2D eigenvalue weighted by Gasteiger charge is -2.45. The van der Waals surface area contributed by atoms with Gasteiger partial charge in [0.2, 0.25) is 5.91 Å². The minimum atomic E-state index is -1.23. The molecule has 1 aromatic heterocycles. The number of thioether (sulfide) groups is 1. The van der Waals surface area contributed by atoms with Crippen LogP contribution in [-0.2, 0) is 19.1 Å². The van der Waals surface area contributed by atoms with Crippen molar-refractivity contribution in [3.8, 4) is 0 Å². The highest BCUT2D eigenvalue weighted by Crippen LogP contribution is 2.61. The summed E-state index contributed by atoms with van der Waals surface area (Å²) < 4.78 is 5.40. The molecule has 3 heterocycles. The molecular formula is C23H22N4O3S. The van der Waals surface area contributed by atoms with E-state index in [1.807, 2.05) is 67.6 Å². The normalized spacial score (nSPS) is 27.1. The number of amides is 1. The van der Waals surface area contributed by atoms with Crippen LogP contribution >= 0.6 is 11.8 Å². The minimum Gasteiger partial charge on any atom is -0.451 e. The Kier molecular flexibility index (Phi) is 4.62. The Bertz CT molecular complexity index is 1070. The number of ether oxygens (including phenoxy) is 1. The Morgan fingerprint density at radius 2 is 1.74 bits per heavy atom. The lowest BCUT2D eigenvalue weighted by molar-refractivity contribution is -0.174. The molecule has 0 radical (unpaired) electrons. The van der Waals surface area contributed by atoms with Gasteiger partial charge in [0.05, 0.1) is 22.7 Å². The summed E-state index contributed by atoms with van der Waals surface area (Å²) in [6, 6.07) is 19.3. The average molecular weight is 435 g/mol. The Morgan fingerprint density at radius 3 is 2.26 bits per heavy atom. The Hall–Kier alpha value is -3.13. The molecule has 0 bridgehead atoms. The molecule has 5 rings (SSSR count). The molecule has 1 amide bonds. The number of nitrogens with one attached hydrogen (secondary N) is 1. The summed E-state index contributed by atoms with van der Waals surface area (Å²) in [4.78, 5) is 28.1. The van der Waals surface area contributed by atoms with Gasteiger partial charge in [0.15, 0.2) is 11.6 Å². The van der Waals surface area contributed by atoms with Crippen molar-refractivity contribution in [1.82, 2.24) is 20.3 Å². The molecule has 7 nitrogen and oxygen atoms in total. The van der Waals surface area contributed by atoms with Gasteiger partial charge in [-0.15, -0.1) is 11.8 Å². The van der Waals surface area contributed by atoms with Gasteiger partial charge in [0.25, 0.3) is 0 Å². The fourth-order valence-electron chi connectivity index (χ4n) is 4.48. The van der Waals surface area contributed by atoms with Gasteiger partial charge in [0, 0.05) is 0 Å². The van der Waals surface area contributed by atoms with Crippen molar-refractivity contribution in [3.63, 3.8) is 0 Å². The van der Waals surface area contributed by atoms with Gasteiger partial charge in [-0.1, -0.05) is 60.7 Å². The van der Waals surface area contributed by atoms with Crippen LogP contribution in [0.4, 0.5) is 0 Å². The fourth-order valence-corrected chi connectivity index (χ4v) is 6.31. The van der Waals surface area contributed by atoms with Crippen molar-refractivity contribution >= 4 is 23.6 Å². The molecule has 0 saturated carbocycles. The number of rotatable bonds is 5. The third-order valence-electron chi connectivity index (χ3n) is 6.42. The minimum absolute atomic E-state index is 0.0554. The van der Waals surface area contributed by atoms with Crippen LogP contribution in [-0.4, -0.2) is 43.1 Å². The summed E-state index contributed by atoms with van der Waals surface area (Å²) in [6.45, 7) is 3.71. The second-order valence-electron chi connectivity index (χ2n) is 8.11. The van der Waals surface area contributed by atoms with Gasteiger partial charge in [-0.3, -0.25) is 4.79 Å². The fraction of sp³-hybridized carbons (Fsp3) is 0.304. The molecule has 0 spiro atoms. The number of esters is 1. The van der Waals surface area contributed by atoms with E-state index in [0.717, 1.165) is 11.1 Å². The number of β-lactam (4-membered cyclic amide) rings is 1. The van der Waals surface area contributed by atoms with E-state index in [0.29, 0.717) is 12.1 Å². The first kappa shape index (κ1) is 19.8. The second kappa shape index (κ2) is 7.23. The summed E-state index contributed by atoms with van der Waals surface area (Å²) in [6.07, 6.45) is 1.43. The van der Waals surface area contributed by atoms with Crippen molar-refractivity contribution in [2.24, 2.45) is 0 Å². The van der Waals surface area contributed by atoms with E-state index in [1.165, 1.54) is 0 Å². The summed E-state index contributed by atoms with van der Waals surface area (Å²) in [5.41, 5.74) is 1.13. The summed E-state index contributed by atoms with van der Waals surface area (Å²) >= 11 is 1.56. The van der Waals surface area contributed by atoms with Gasteiger partial charge in [-0.25, -0.2) is 4.79 Å². The number of aromatic amines is 1. The second-order valence-corrected chi connectivity index (χ2v) is 9.70. The van der Waals surface area contributed by atoms with Crippen molar-refractivity contribution in [2.45, 2.75) is 42.0 Å². The molecule has 2 aromatic carbocycles. The summed E-state index contributed by atoms with van der Waals surface area (Å²) in [7, 11) is 0. The van der Waals surface area contributed by atoms with Crippen LogP contribution in [0.3, 0.4) is 0 Å². The van der Waals surface area contributed by atoms with Crippen molar-refractivity contribution in [3.05, 3.63) is 83.7 Å². The lowest BCUT2D eigenvalue weighted by atomic mass is 9.80. The largest absolute Gasteiger partial charge is 0.451 e. The number of aromatic nitrogens is 3. The van der Waals surface area contributed by atoms with Crippen molar-refractivity contribution < 1.29 is 14.3 Å². The molecule has 2 fully saturated rings. The standard InChI is InChI=1S/C23H22N4O3S/c1-22(23(2,17-14-24-26-25-17)31-19-13-18(28)27(19)22)21(29)30-20(15-9-5-3-6-10-15)16-11-7-4-8-12-16/h3-12,14,19-20H,13H2,1-2H3,(H,24,25,26)/t19-,22?,23?/m1/s1. The number of nitrogens with zero attached hydrogens (tertiary/aromatic N) is 3. The van der Waals surface area contributed by atoms with E-state index >= 15 is 0 Å². The molecule has 31 heavy (non-hydrogen) atoms. The highest BCUT2D eigenvalue weighted by atomic mass is 32.2. The highest BCUT2D eigenvalue weighted by Gasteiger charge is 2.70. The predicted octanol–water partition coefficient (Wildman–Crippen LogP) is 3.42. The molecule has 1 N–H and O–H groups in total. The quantitative estimate of drug-likeness (QED) is 0.489. The summed E-state index contributed by atoms with van der Waals surface area (Å²) in [5.74, 6) is -0.515.